The molecule has 0 amide bonds. The summed E-state index contributed by atoms with van der Waals surface area (Å²) in [4.78, 5) is 0. The van der Waals surface area contributed by atoms with Crippen LogP contribution in [0.2, 0.25) is 0 Å². The van der Waals surface area contributed by atoms with Crippen LogP contribution in [-0.4, -0.2) is 23.4 Å². The topological polar surface area (TPSA) is 39.1 Å². The molecule has 4 heteroatoms. The van der Waals surface area contributed by atoms with E-state index in [0.29, 0.717) is 6.04 Å². The second kappa shape index (κ2) is 7.84. The monoisotopic (exact) mass is 287 g/mol. The first kappa shape index (κ1) is 15.6. The average Bonchev–Trinajstić information content (AvgIpc) is 2.99. The summed E-state index contributed by atoms with van der Waals surface area (Å²) in [5.41, 5.74) is 2.53. The predicted octanol–water partition coefficient (Wildman–Crippen LogP) is 3.20. The molecule has 0 aliphatic carbocycles. The van der Waals surface area contributed by atoms with E-state index in [9.17, 15) is 0 Å². The molecular formula is C17H25N3O. The minimum absolute atomic E-state index is 0.454. The highest BCUT2D eigenvalue weighted by molar-refractivity contribution is 5.28. The molecule has 21 heavy (non-hydrogen) atoms. The zero-order valence-electron chi connectivity index (χ0n) is 13.2. The van der Waals surface area contributed by atoms with Crippen LogP contribution in [0.3, 0.4) is 0 Å². The van der Waals surface area contributed by atoms with Gasteiger partial charge in [-0.25, -0.2) is 0 Å². The largest absolute Gasteiger partial charge is 0.497 e. The highest BCUT2D eigenvalue weighted by Crippen LogP contribution is 2.13. The Morgan fingerprint density at radius 1 is 1.33 bits per heavy atom. The molecule has 0 bridgehead atoms. The molecule has 0 saturated carbocycles. The summed E-state index contributed by atoms with van der Waals surface area (Å²) < 4.78 is 7.35. The van der Waals surface area contributed by atoms with Gasteiger partial charge in [-0.3, -0.25) is 4.68 Å². The minimum Gasteiger partial charge on any atom is -0.497 e. The molecule has 114 valence electrons. The molecule has 0 radical (unpaired) electrons. The molecule has 1 atom stereocenters. The number of hydrogen-bond acceptors (Lipinski definition) is 3. The quantitative estimate of drug-likeness (QED) is 0.758. The van der Waals surface area contributed by atoms with Crippen molar-refractivity contribution in [1.29, 1.82) is 0 Å². The van der Waals surface area contributed by atoms with Gasteiger partial charge in [0.15, 0.2) is 0 Å². The number of hydrogen-bond donors (Lipinski definition) is 1. The number of benzene rings is 1. The van der Waals surface area contributed by atoms with Crippen LogP contribution in [0.25, 0.3) is 0 Å². The molecule has 0 aliphatic rings. The van der Waals surface area contributed by atoms with E-state index in [-0.39, 0.29) is 0 Å². The number of nitrogens with zero attached hydrogens (tertiary/aromatic N) is 2. The van der Waals surface area contributed by atoms with E-state index in [1.807, 2.05) is 18.3 Å². The van der Waals surface area contributed by atoms with Gasteiger partial charge in [-0.15, -0.1) is 0 Å². The fraction of sp³-hybridized carbons (Fsp3) is 0.471. The zero-order chi connectivity index (χ0) is 15.1. The van der Waals surface area contributed by atoms with Crippen molar-refractivity contribution in [1.82, 2.24) is 15.1 Å². The SMILES string of the molecule is CCC(C)n1nccc1CNCCc1cccc(OC)c1. The Balaban J connectivity index is 1.81. The van der Waals surface area contributed by atoms with Crippen LogP contribution in [0.15, 0.2) is 36.5 Å². The first-order chi connectivity index (χ1) is 10.2. The maximum Gasteiger partial charge on any atom is 0.119 e. The van der Waals surface area contributed by atoms with E-state index < -0.39 is 0 Å². The molecular weight excluding hydrogens is 262 g/mol. The third-order valence-electron chi connectivity index (χ3n) is 3.79. The summed E-state index contributed by atoms with van der Waals surface area (Å²) in [5.74, 6) is 0.919. The van der Waals surface area contributed by atoms with Gasteiger partial charge in [-0.2, -0.15) is 5.10 Å². The van der Waals surface area contributed by atoms with Gasteiger partial charge in [0.2, 0.25) is 0 Å². The molecule has 1 unspecified atom stereocenters. The lowest BCUT2D eigenvalue weighted by Crippen LogP contribution is -2.20. The van der Waals surface area contributed by atoms with Crippen molar-refractivity contribution >= 4 is 0 Å². The highest BCUT2D eigenvalue weighted by Gasteiger charge is 2.07. The van der Waals surface area contributed by atoms with Crippen LogP contribution < -0.4 is 10.1 Å². The van der Waals surface area contributed by atoms with Gasteiger partial charge in [0.25, 0.3) is 0 Å². The molecule has 1 heterocycles. The normalized spacial score (nSPS) is 12.3. The molecule has 0 spiro atoms. The summed E-state index contributed by atoms with van der Waals surface area (Å²) in [6.07, 6.45) is 3.97. The number of aromatic nitrogens is 2. The van der Waals surface area contributed by atoms with Gasteiger partial charge >= 0.3 is 0 Å². The van der Waals surface area contributed by atoms with E-state index in [4.69, 9.17) is 4.74 Å². The van der Waals surface area contributed by atoms with Crippen LogP contribution in [0.1, 0.15) is 37.6 Å². The Labute approximate surface area is 127 Å². The number of ether oxygens (including phenoxy) is 1. The maximum atomic E-state index is 5.24. The summed E-state index contributed by atoms with van der Waals surface area (Å²) in [6.45, 7) is 6.19. The van der Waals surface area contributed by atoms with Gasteiger partial charge in [-0.05, 0) is 50.1 Å². The first-order valence-electron chi connectivity index (χ1n) is 7.60. The van der Waals surface area contributed by atoms with E-state index in [0.717, 1.165) is 31.7 Å². The Hall–Kier alpha value is -1.81. The fourth-order valence-corrected chi connectivity index (χ4v) is 2.33. The average molecular weight is 287 g/mol. The summed E-state index contributed by atoms with van der Waals surface area (Å²) in [7, 11) is 1.70. The lowest BCUT2D eigenvalue weighted by atomic mass is 10.1. The second-order valence-corrected chi connectivity index (χ2v) is 5.30. The van der Waals surface area contributed by atoms with Crippen LogP contribution in [-0.2, 0) is 13.0 Å². The molecule has 2 rings (SSSR count). The van der Waals surface area contributed by atoms with Gasteiger partial charge in [0, 0.05) is 18.8 Å². The number of methoxy groups -OCH3 is 1. The van der Waals surface area contributed by atoms with Gasteiger partial charge in [0.1, 0.15) is 5.75 Å². The second-order valence-electron chi connectivity index (χ2n) is 5.30. The lowest BCUT2D eigenvalue weighted by molar-refractivity contribution is 0.414. The zero-order valence-corrected chi connectivity index (χ0v) is 13.2. The van der Waals surface area contributed by atoms with Crippen molar-refractivity contribution < 1.29 is 4.74 Å². The van der Waals surface area contributed by atoms with Crippen molar-refractivity contribution in [2.75, 3.05) is 13.7 Å². The fourth-order valence-electron chi connectivity index (χ4n) is 2.33. The molecule has 1 aromatic carbocycles. The van der Waals surface area contributed by atoms with Crippen molar-refractivity contribution in [2.45, 2.75) is 39.3 Å². The summed E-state index contributed by atoms with van der Waals surface area (Å²) >= 11 is 0. The highest BCUT2D eigenvalue weighted by atomic mass is 16.5. The first-order valence-corrected chi connectivity index (χ1v) is 7.60. The van der Waals surface area contributed by atoms with Crippen LogP contribution >= 0.6 is 0 Å². The molecule has 0 aliphatic heterocycles. The van der Waals surface area contributed by atoms with Crippen molar-refractivity contribution in [3.05, 3.63) is 47.8 Å². The molecule has 0 saturated heterocycles. The van der Waals surface area contributed by atoms with E-state index in [1.54, 1.807) is 7.11 Å². The summed E-state index contributed by atoms with van der Waals surface area (Å²) in [6, 6.07) is 10.8. The smallest absolute Gasteiger partial charge is 0.119 e. The number of rotatable bonds is 8. The Morgan fingerprint density at radius 2 is 2.19 bits per heavy atom. The van der Waals surface area contributed by atoms with E-state index in [2.05, 4.69) is 47.1 Å². The van der Waals surface area contributed by atoms with E-state index >= 15 is 0 Å². The molecule has 1 N–H and O–H groups in total. The van der Waals surface area contributed by atoms with Crippen LogP contribution in [0, 0.1) is 0 Å². The molecule has 0 fully saturated rings. The van der Waals surface area contributed by atoms with Crippen molar-refractivity contribution in [3.8, 4) is 5.75 Å². The lowest BCUT2D eigenvalue weighted by Gasteiger charge is -2.14. The third kappa shape index (κ3) is 4.33. The summed E-state index contributed by atoms with van der Waals surface area (Å²) in [5, 5.41) is 7.90. The van der Waals surface area contributed by atoms with Crippen LogP contribution in [0.4, 0.5) is 0 Å². The van der Waals surface area contributed by atoms with Gasteiger partial charge in [-0.1, -0.05) is 19.1 Å². The predicted molar refractivity (Wildman–Crippen MR) is 85.6 cm³/mol. The van der Waals surface area contributed by atoms with Crippen LogP contribution in [0.5, 0.6) is 5.75 Å². The molecule has 1 aromatic heterocycles. The Kier molecular flexibility index (Phi) is 5.81. The van der Waals surface area contributed by atoms with Crippen molar-refractivity contribution in [2.24, 2.45) is 0 Å². The molecule has 4 nitrogen and oxygen atoms in total. The van der Waals surface area contributed by atoms with Crippen molar-refractivity contribution in [3.63, 3.8) is 0 Å². The maximum absolute atomic E-state index is 5.24. The molecule has 2 aromatic rings. The third-order valence-corrected chi connectivity index (χ3v) is 3.79. The minimum atomic E-state index is 0.454. The van der Waals surface area contributed by atoms with E-state index in [1.165, 1.54) is 11.3 Å². The Bertz CT molecular complexity index is 550. The van der Waals surface area contributed by atoms with Gasteiger partial charge < -0.3 is 10.1 Å². The number of nitrogens with one attached hydrogen (secondary N) is 1. The van der Waals surface area contributed by atoms with Gasteiger partial charge in [0.05, 0.1) is 12.8 Å². The Morgan fingerprint density at radius 3 is 2.95 bits per heavy atom. The standard InChI is InChI=1S/C17H25N3O/c1-4-14(2)20-16(9-11-19-20)13-18-10-8-15-6-5-7-17(12-15)21-3/h5-7,9,11-12,14,18H,4,8,10,13H2,1-3H3.